The molecule has 0 saturated carbocycles. The number of primary amides is 1. The molecule has 3 N–H and O–H groups in total. The van der Waals surface area contributed by atoms with E-state index in [9.17, 15) is 14.4 Å². The van der Waals surface area contributed by atoms with Gasteiger partial charge in [-0.2, -0.15) is 0 Å². The van der Waals surface area contributed by atoms with Crippen molar-refractivity contribution in [2.45, 2.75) is 50.2 Å². The van der Waals surface area contributed by atoms with Gasteiger partial charge in [-0.3, -0.25) is 19.7 Å². The van der Waals surface area contributed by atoms with Crippen LogP contribution in [0.4, 0.5) is 0 Å². The van der Waals surface area contributed by atoms with Gasteiger partial charge in [-0.15, -0.1) is 0 Å². The highest BCUT2D eigenvalue weighted by atomic mass is 16.5. The van der Waals surface area contributed by atoms with E-state index < -0.39 is 17.1 Å². The molecular weight excluding hydrogens is 248 g/mol. The minimum absolute atomic E-state index is 0.214. The number of hydrogen-bond donors (Lipinski definition) is 2. The van der Waals surface area contributed by atoms with Crippen molar-refractivity contribution in [3.8, 4) is 0 Å². The van der Waals surface area contributed by atoms with Crippen LogP contribution in [0, 0.1) is 11.8 Å². The molecule has 3 aliphatic heterocycles. The summed E-state index contributed by atoms with van der Waals surface area (Å²) in [6.07, 6.45) is 3.04. The van der Waals surface area contributed by atoms with Crippen LogP contribution in [-0.2, 0) is 19.1 Å². The third-order valence-electron chi connectivity index (χ3n) is 4.87. The predicted octanol–water partition coefficient (Wildman–Crippen LogP) is -0.148. The molecule has 3 aliphatic rings. The zero-order valence-corrected chi connectivity index (χ0v) is 10.9. The zero-order chi connectivity index (χ0) is 13.8. The highest BCUT2D eigenvalue weighted by molar-refractivity contribution is 6.07. The third kappa shape index (κ3) is 1.62. The molecule has 0 spiro atoms. The summed E-state index contributed by atoms with van der Waals surface area (Å²) in [5.41, 5.74) is 4.03. The van der Waals surface area contributed by atoms with E-state index >= 15 is 0 Å². The number of nitrogens with two attached hydrogens (primary N) is 1. The smallest absolute Gasteiger partial charge is 0.233 e. The second-order valence-electron chi connectivity index (χ2n) is 6.11. The number of ether oxygens (including phenoxy) is 1. The van der Waals surface area contributed by atoms with Gasteiger partial charge < -0.3 is 10.5 Å². The number of carbonyl (C=O) groups excluding carboxylic acids is 3. The number of rotatable bonds is 4. The maximum absolute atomic E-state index is 12.0. The van der Waals surface area contributed by atoms with Crippen LogP contribution in [0.2, 0.25) is 0 Å². The lowest BCUT2D eigenvalue weighted by Gasteiger charge is -2.30. The van der Waals surface area contributed by atoms with Crippen LogP contribution < -0.4 is 11.1 Å². The van der Waals surface area contributed by atoms with Gasteiger partial charge >= 0.3 is 0 Å². The monoisotopic (exact) mass is 266 g/mol. The van der Waals surface area contributed by atoms with Crippen molar-refractivity contribution in [1.82, 2.24) is 5.32 Å². The number of imide groups is 1. The van der Waals surface area contributed by atoms with E-state index in [2.05, 4.69) is 5.32 Å². The molecule has 3 fully saturated rings. The Hall–Kier alpha value is -1.43. The molecule has 3 heterocycles. The Kier molecular flexibility index (Phi) is 2.51. The lowest BCUT2D eigenvalue weighted by molar-refractivity contribution is -0.134. The van der Waals surface area contributed by atoms with Crippen LogP contribution in [-0.4, -0.2) is 28.9 Å². The van der Waals surface area contributed by atoms with Gasteiger partial charge in [0.15, 0.2) is 0 Å². The van der Waals surface area contributed by atoms with Crippen molar-refractivity contribution >= 4 is 17.7 Å². The van der Waals surface area contributed by atoms with Gasteiger partial charge in [0.25, 0.3) is 0 Å². The Balaban J connectivity index is 1.84. The van der Waals surface area contributed by atoms with Crippen molar-refractivity contribution in [3.05, 3.63) is 0 Å². The Bertz CT molecular complexity index is 477. The van der Waals surface area contributed by atoms with Gasteiger partial charge in [0.2, 0.25) is 17.7 Å². The number of hydrogen-bond acceptors (Lipinski definition) is 4. The second-order valence-corrected chi connectivity index (χ2v) is 6.11. The summed E-state index contributed by atoms with van der Waals surface area (Å²) in [6, 6.07) is 0. The third-order valence-corrected chi connectivity index (χ3v) is 4.87. The first-order valence-corrected chi connectivity index (χ1v) is 6.71. The standard InChI is InChI=1S/C13H18N2O4/c1-12-5-6-13(19-12,4-2-3-7(14)16)9-8(12)10(17)15-11(9)18/h8-9H,2-6H2,1H3,(H2,14,16)(H,15,17,18). The first-order valence-electron chi connectivity index (χ1n) is 6.71. The Labute approximate surface area is 111 Å². The van der Waals surface area contributed by atoms with E-state index in [-0.39, 0.29) is 30.1 Å². The minimum atomic E-state index is -0.578. The van der Waals surface area contributed by atoms with Crippen LogP contribution in [0.5, 0.6) is 0 Å². The molecule has 0 aliphatic carbocycles. The zero-order valence-electron chi connectivity index (χ0n) is 10.9. The largest absolute Gasteiger partial charge is 0.370 e. The highest BCUT2D eigenvalue weighted by Gasteiger charge is 2.71. The quantitative estimate of drug-likeness (QED) is 0.691. The fourth-order valence-electron chi connectivity index (χ4n) is 4.11. The molecule has 0 aromatic carbocycles. The van der Waals surface area contributed by atoms with Gasteiger partial charge in [0.05, 0.1) is 23.0 Å². The van der Waals surface area contributed by atoms with Crippen molar-refractivity contribution in [1.29, 1.82) is 0 Å². The molecule has 4 atom stereocenters. The first kappa shape index (κ1) is 12.6. The van der Waals surface area contributed by atoms with Crippen LogP contribution >= 0.6 is 0 Å². The fourth-order valence-corrected chi connectivity index (χ4v) is 4.11. The van der Waals surface area contributed by atoms with Gasteiger partial charge in [-0.25, -0.2) is 0 Å². The molecular formula is C13H18N2O4. The van der Waals surface area contributed by atoms with Crippen LogP contribution in [0.3, 0.4) is 0 Å². The maximum atomic E-state index is 12.0. The average Bonchev–Trinajstić information content (AvgIpc) is 2.87. The molecule has 3 amide bonds. The van der Waals surface area contributed by atoms with Crippen LogP contribution in [0.1, 0.15) is 39.0 Å². The van der Waals surface area contributed by atoms with E-state index in [4.69, 9.17) is 10.5 Å². The van der Waals surface area contributed by atoms with Gasteiger partial charge in [-0.1, -0.05) is 0 Å². The molecule has 6 nitrogen and oxygen atoms in total. The minimum Gasteiger partial charge on any atom is -0.370 e. The van der Waals surface area contributed by atoms with Crippen molar-refractivity contribution in [2.24, 2.45) is 17.6 Å². The molecule has 6 heteroatoms. The number of nitrogens with one attached hydrogen (secondary N) is 1. The Morgan fingerprint density at radius 1 is 1.37 bits per heavy atom. The molecule has 3 saturated heterocycles. The van der Waals surface area contributed by atoms with Crippen LogP contribution in [0.15, 0.2) is 0 Å². The summed E-state index contributed by atoms with van der Waals surface area (Å²) < 4.78 is 6.10. The second kappa shape index (κ2) is 3.79. The summed E-state index contributed by atoms with van der Waals surface area (Å²) in [7, 11) is 0. The van der Waals surface area contributed by atoms with Gasteiger partial charge in [0.1, 0.15) is 0 Å². The Morgan fingerprint density at radius 3 is 2.74 bits per heavy atom. The maximum Gasteiger partial charge on any atom is 0.233 e. The molecule has 4 unspecified atom stereocenters. The Morgan fingerprint density at radius 2 is 2.05 bits per heavy atom. The molecule has 2 bridgehead atoms. The summed E-state index contributed by atoms with van der Waals surface area (Å²) in [5.74, 6) is -1.56. The number of carbonyl (C=O) groups is 3. The molecule has 104 valence electrons. The summed E-state index contributed by atoms with van der Waals surface area (Å²) in [5, 5.41) is 2.42. The average molecular weight is 266 g/mol. The lowest BCUT2D eigenvalue weighted by atomic mass is 9.67. The topological polar surface area (TPSA) is 98.5 Å². The van der Waals surface area contributed by atoms with Crippen LogP contribution in [0.25, 0.3) is 0 Å². The number of fused-ring (bicyclic) bond motifs is 5. The predicted molar refractivity (Wildman–Crippen MR) is 64.6 cm³/mol. The van der Waals surface area contributed by atoms with Crippen molar-refractivity contribution in [2.75, 3.05) is 0 Å². The normalized spacial score (nSPS) is 43.4. The summed E-state index contributed by atoms with van der Waals surface area (Å²) in [6.45, 7) is 1.91. The van der Waals surface area contributed by atoms with E-state index in [1.807, 2.05) is 6.92 Å². The highest BCUT2D eigenvalue weighted by Crippen LogP contribution is 2.60. The molecule has 0 aromatic heterocycles. The van der Waals surface area contributed by atoms with E-state index in [1.165, 1.54) is 0 Å². The summed E-state index contributed by atoms with van der Waals surface area (Å²) >= 11 is 0. The summed E-state index contributed by atoms with van der Waals surface area (Å²) in [4.78, 5) is 34.7. The van der Waals surface area contributed by atoms with E-state index in [0.717, 1.165) is 12.8 Å². The van der Waals surface area contributed by atoms with Crippen molar-refractivity contribution in [3.63, 3.8) is 0 Å². The van der Waals surface area contributed by atoms with E-state index in [1.54, 1.807) is 0 Å². The first-order chi connectivity index (χ1) is 8.88. The molecule has 0 aromatic rings. The van der Waals surface area contributed by atoms with Crippen molar-refractivity contribution < 1.29 is 19.1 Å². The molecule has 0 radical (unpaired) electrons. The van der Waals surface area contributed by atoms with Gasteiger partial charge in [0, 0.05) is 6.42 Å². The SMILES string of the molecule is CC12CCC(CCCC(N)=O)(O1)C1C(=O)NC(=O)C12. The fraction of sp³-hybridized carbons (Fsp3) is 0.769. The molecule has 19 heavy (non-hydrogen) atoms. The lowest BCUT2D eigenvalue weighted by Crippen LogP contribution is -2.42. The van der Waals surface area contributed by atoms with E-state index in [0.29, 0.717) is 12.8 Å². The van der Waals surface area contributed by atoms with Gasteiger partial charge in [-0.05, 0) is 32.6 Å². The molecule has 3 rings (SSSR count). The number of amides is 3.